The smallest absolute Gasteiger partial charge is 0.261 e. The van der Waals surface area contributed by atoms with Gasteiger partial charge in [0.15, 0.2) is 4.77 Å². The Hall–Kier alpha value is -2.80. The van der Waals surface area contributed by atoms with Crippen LogP contribution < -0.4 is 10.9 Å². The minimum absolute atomic E-state index is 0.0921. The number of amides is 1. The molecule has 5 nitrogen and oxygen atoms in total. The van der Waals surface area contributed by atoms with E-state index >= 15 is 0 Å². The molecule has 2 aromatic carbocycles. The molecule has 116 valence electrons. The molecule has 1 aromatic heterocycles. The second kappa shape index (κ2) is 5.77. The Morgan fingerprint density at radius 1 is 1.26 bits per heavy atom. The lowest BCUT2D eigenvalue weighted by molar-refractivity contribution is 0.102. The summed E-state index contributed by atoms with van der Waals surface area (Å²) < 4.78 is 15.2. The van der Waals surface area contributed by atoms with Crippen LogP contribution in [0.2, 0.25) is 0 Å². The molecule has 0 saturated carbocycles. The maximum atomic E-state index is 13.6. The molecule has 2 N–H and O–H groups in total. The van der Waals surface area contributed by atoms with Gasteiger partial charge in [-0.15, -0.1) is 0 Å². The maximum Gasteiger partial charge on any atom is 0.261 e. The summed E-state index contributed by atoms with van der Waals surface area (Å²) in [7, 11) is 1.57. The first-order valence-corrected chi connectivity index (χ1v) is 7.17. The fourth-order valence-corrected chi connectivity index (χ4v) is 2.40. The van der Waals surface area contributed by atoms with Gasteiger partial charge in [0, 0.05) is 12.6 Å². The molecule has 1 amide bonds. The van der Waals surface area contributed by atoms with Crippen molar-refractivity contribution in [1.29, 1.82) is 0 Å². The van der Waals surface area contributed by atoms with E-state index in [1.54, 1.807) is 19.2 Å². The van der Waals surface area contributed by atoms with Crippen LogP contribution in [0.25, 0.3) is 10.9 Å². The monoisotopic (exact) mass is 329 g/mol. The number of anilines is 1. The van der Waals surface area contributed by atoms with Crippen molar-refractivity contribution in [2.75, 3.05) is 5.32 Å². The van der Waals surface area contributed by atoms with Crippen LogP contribution in [0.1, 0.15) is 10.4 Å². The third-order valence-electron chi connectivity index (χ3n) is 3.49. The predicted octanol–water partition coefficient (Wildman–Crippen LogP) is 2.99. The van der Waals surface area contributed by atoms with Gasteiger partial charge in [-0.05, 0) is 42.5 Å². The molecule has 23 heavy (non-hydrogen) atoms. The molecular formula is C16H12FN3O2S. The van der Waals surface area contributed by atoms with Gasteiger partial charge < -0.3 is 10.3 Å². The van der Waals surface area contributed by atoms with E-state index in [4.69, 9.17) is 12.2 Å². The average molecular weight is 329 g/mol. The first-order valence-electron chi connectivity index (χ1n) is 6.76. The minimum atomic E-state index is -0.519. The minimum Gasteiger partial charge on any atom is -0.332 e. The summed E-state index contributed by atoms with van der Waals surface area (Å²) in [6.07, 6.45) is 0. The molecule has 0 unspecified atom stereocenters. The van der Waals surface area contributed by atoms with Crippen molar-refractivity contribution in [3.63, 3.8) is 0 Å². The van der Waals surface area contributed by atoms with Gasteiger partial charge >= 0.3 is 0 Å². The van der Waals surface area contributed by atoms with Crippen molar-refractivity contribution in [3.05, 3.63) is 69.0 Å². The molecule has 1 heterocycles. The second-order valence-electron chi connectivity index (χ2n) is 4.99. The zero-order chi connectivity index (χ0) is 16.6. The molecule has 0 aliphatic heterocycles. The molecular weight excluding hydrogens is 317 g/mol. The third-order valence-corrected chi connectivity index (χ3v) is 3.86. The number of carbonyl (C=O) groups excluding carboxylic acids is 1. The molecule has 0 spiro atoms. The van der Waals surface area contributed by atoms with Gasteiger partial charge in [0.1, 0.15) is 5.82 Å². The van der Waals surface area contributed by atoms with Crippen molar-refractivity contribution in [3.8, 4) is 0 Å². The highest BCUT2D eigenvalue weighted by molar-refractivity contribution is 7.71. The number of nitrogens with one attached hydrogen (secondary N) is 2. The van der Waals surface area contributed by atoms with E-state index in [9.17, 15) is 14.0 Å². The number of fused-ring (bicyclic) bond motifs is 1. The number of halogens is 1. The standard InChI is InChI=1S/C16H12FN3O2S/c1-20-15(22)10-7-6-9(8-13(10)19-16(20)23)14(21)18-12-5-3-2-4-11(12)17/h2-8H,1H3,(H,18,21)(H,19,23). The van der Waals surface area contributed by atoms with Crippen LogP contribution in [0.4, 0.5) is 10.1 Å². The van der Waals surface area contributed by atoms with Gasteiger partial charge in [-0.3, -0.25) is 14.2 Å². The number of para-hydroxylation sites is 1. The largest absolute Gasteiger partial charge is 0.332 e. The molecule has 7 heteroatoms. The number of H-pyrrole nitrogens is 1. The Morgan fingerprint density at radius 3 is 2.74 bits per heavy atom. The van der Waals surface area contributed by atoms with E-state index in [0.29, 0.717) is 16.5 Å². The first kappa shape index (κ1) is 15.1. The highest BCUT2D eigenvalue weighted by Gasteiger charge is 2.11. The molecule has 0 atom stereocenters. The number of aromatic amines is 1. The Kier molecular flexibility index (Phi) is 3.79. The number of hydrogen-bond acceptors (Lipinski definition) is 3. The van der Waals surface area contributed by atoms with Gasteiger partial charge in [-0.2, -0.15) is 0 Å². The summed E-state index contributed by atoms with van der Waals surface area (Å²) in [6.45, 7) is 0. The molecule has 3 rings (SSSR count). The lowest BCUT2D eigenvalue weighted by Crippen LogP contribution is -2.19. The maximum absolute atomic E-state index is 13.6. The Balaban J connectivity index is 2.02. The van der Waals surface area contributed by atoms with Crippen molar-refractivity contribution in [2.24, 2.45) is 7.05 Å². The number of carbonyl (C=O) groups is 1. The van der Waals surface area contributed by atoms with Crippen molar-refractivity contribution < 1.29 is 9.18 Å². The summed E-state index contributed by atoms with van der Waals surface area (Å²) in [5.41, 5.74) is 0.596. The van der Waals surface area contributed by atoms with Gasteiger partial charge in [-0.1, -0.05) is 12.1 Å². The summed E-state index contributed by atoms with van der Waals surface area (Å²) in [5, 5.41) is 2.91. The topological polar surface area (TPSA) is 66.9 Å². The van der Waals surface area contributed by atoms with Crippen molar-refractivity contribution in [1.82, 2.24) is 9.55 Å². The molecule has 0 aliphatic carbocycles. The number of rotatable bonds is 2. The summed E-state index contributed by atoms with van der Waals surface area (Å²) in [4.78, 5) is 27.2. The van der Waals surface area contributed by atoms with Gasteiger partial charge in [0.25, 0.3) is 11.5 Å². The zero-order valence-corrected chi connectivity index (χ0v) is 12.9. The van der Waals surface area contributed by atoms with Crippen LogP contribution in [0.15, 0.2) is 47.3 Å². The normalized spacial score (nSPS) is 10.7. The molecule has 0 bridgehead atoms. The van der Waals surface area contributed by atoms with E-state index in [1.807, 2.05) is 0 Å². The Bertz CT molecular complexity index is 1040. The number of nitrogens with zero attached hydrogens (tertiary/aromatic N) is 1. The Labute approximate surface area is 135 Å². The van der Waals surface area contributed by atoms with Crippen LogP contribution in [0.3, 0.4) is 0 Å². The quantitative estimate of drug-likeness (QED) is 0.710. The summed E-state index contributed by atoms with van der Waals surface area (Å²) >= 11 is 5.06. The molecule has 3 aromatic rings. The summed E-state index contributed by atoms with van der Waals surface area (Å²) in [5.74, 6) is -0.994. The van der Waals surface area contributed by atoms with E-state index in [2.05, 4.69) is 10.3 Å². The molecule has 0 radical (unpaired) electrons. The van der Waals surface area contributed by atoms with Crippen molar-refractivity contribution >= 4 is 34.7 Å². The highest BCUT2D eigenvalue weighted by atomic mass is 32.1. The van der Waals surface area contributed by atoms with Crippen LogP contribution >= 0.6 is 12.2 Å². The van der Waals surface area contributed by atoms with Crippen LogP contribution in [-0.2, 0) is 7.05 Å². The molecule has 0 aliphatic rings. The average Bonchev–Trinajstić information content (AvgIpc) is 2.54. The lowest BCUT2D eigenvalue weighted by Gasteiger charge is -2.08. The van der Waals surface area contributed by atoms with Gasteiger partial charge in [0.2, 0.25) is 0 Å². The third kappa shape index (κ3) is 2.78. The van der Waals surface area contributed by atoms with E-state index in [-0.39, 0.29) is 16.0 Å². The van der Waals surface area contributed by atoms with Crippen LogP contribution in [-0.4, -0.2) is 15.5 Å². The number of hydrogen-bond donors (Lipinski definition) is 2. The highest BCUT2D eigenvalue weighted by Crippen LogP contribution is 2.16. The number of aromatic nitrogens is 2. The van der Waals surface area contributed by atoms with Gasteiger partial charge in [0.05, 0.1) is 16.6 Å². The van der Waals surface area contributed by atoms with Crippen molar-refractivity contribution in [2.45, 2.75) is 0 Å². The first-order chi connectivity index (χ1) is 11.0. The van der Waals surface area contributed by atoms with E-state index < -0.39 is 11.7 Å². The molecule has 0 saturated heterocycles. The molecule has 0 fully saturated rings. The number of benzene rings is 2. The Morgan fingerprint density at radius 2 is 2.00 bits per heavy atom. The van der Waals surface area contributed by atoms with Crippen LogP contribution in [0, 0.1) is 10.6 Å². The lowest BCUT2D eigenvalue weighted by atomic mass is 10.1. The fraction of sp³-hybridized carbons (Fsp3) is 0.0625. The fourth-order valence-electron chi connectivity index (χ4n) is 2.20. The second-order valence-corrected chi connectivity index (χ2v) is 5.38. The SMILES string of the molecule is Cn1c(=S)[nH]c2cc(C(=O)Nc3ccccc3F)ccc2c1=O. The predicted molar refractivity (Wildman–Crippen MR) is 88.7 cm³/mol. The van der Waals surface area contributed by atoms with Crippen LogP contribution in [0.5, 0.6) is 0 Å². The van der Waals surface area contributed by atoms with Gasteiger partial charge in [-0.25, -0.2) is 4.39 Å². The van der Waals surface area contributed by atoms with E-state index in [0.717, 1.165) is 0 Å². The zero-order valence-electron chi connectivity index (χ0n) is 12.1. The van der Waals surface area contributed by atoms with E-state index in [1.165, 1.54) is 34.9 Å². The summed E-state index contributed by atoms with van der Waals surface area (Å²) in [6, 6.07) is 10.5.